The third-order valence-electron chi connectivity index (χ3n) is 8.00. The van der Waals surface area contributed by atoms with Gasteiger partial charge in [-0.3, -0.25) is 29.4 Å². The number of Topliss-reactive ketones (excluding diaryl/α,β-unsaturated/α-hetero) is 1. The lowest BCUT2D eigenvalue weighted by Gasteiger charge is -2.38. The van der Waals surface area contributed by atoms with Crippen LogP contribution in [0, 0.1) is 22.0 Å². The van der Waals surface area contributed by atoms with Crippen LogP contribution in [0.15, 0.2) is 54.6 Å². The molecule has 0 radical (unpaired) electrons. The summed E-state index contributed by atoms with van der Waals surface area (Å²) < 4.78 is 0. The number of nitro benzene ring substituents is 1. The Labute approximate surface area is 202 Å². The minimum Gasteiger partial charge on any atom is -0.352 e. The van der Waals surface area contributed by atoms with Gasteiger partial charge in [-0.1, -0.05) is 61.7 Å². The second-order valence-electron chi connectivity index (χ2n) is 9.82. The number of imide groups is 1. The molecule has 3 heterocycles. The number of nitrogens with zero attached hydrogens (tertiary/aromatic N) is 3. The van der Waals surface area contributed by atoms with Crippen molar-refractivity contribution in [3.63, 3.8) is 0 Å². The highest BCUT2D eigenvalue weighted by molar-refractivity contribution is 6.14. The van der Waals surface area contributed by atoms with Crippen molar-refractivity contribution in [1.82, 2.24) is 4.90 Å². The second-order valence-corrected chi connectivity index (χ2v) is 9.82. The van der Waals surface area contributed by atoms with E-state index in [1.54, 1.807) is 6.07 Å². The van der Waals surface area contributed by atoms with Gasteiger partial charge in [-0.15, -0.1) is 0 Å². The predicted octanol–water partition coefficient (Wildman–Crippen LogP) is 4.00. The number of anilines is 1. The van der Waals surface area contributed by atoms with Gasteiger partial charge in [-0.05, 0) is 24.5 Å². The van der Waals surface area contributed by atoms with Crippen LogP contribution in [0.2, 0.25) is 0 Å². The van der Waals surface area contributed by atoms with Gasteiger partial charge < -0.3 is 4.90 Å². The van der Waals surface area contributed by atoms with Crippen molar-refractivity contribution < 1.29 is 19.3 Å². The van der Waals surface area contributed by atoms with Crippen molar-refractivity contribution in [3.05, 3.63) is 75.8 Å². The first-order chi connectivity index (χ1) is 17.0. The molecule has 3 fully saturated rings. The molecule has 2 saturated heterocycles. The summed E-state index contributed by atoms with van der Waals surface area (Å²) in [6.07, 6.45) is 8.54. The van der Waals surface area contributed by atoms with Crippen LogP contribution in [0.5, 0.6) is 0 Å². The van der Waals surface area contributed by atoms with Gasteiger partial charge in [0, 0.05) is 29.4 Å². The fourth-order valence-corrected chi connectivity index (χ4v) is 6.48. The number of hydrogen-bond donors (Lipinski definition) is 0. The number of nitro groups is 1. The zero-order valence-electron chi connectivity index (χ0n) is 19.1. The number of fused-ring (bicyclic) bond motifs is 5. The highest BCUT2D eigenvalue weighted by Crippen LogP contribution is 2.50. The Morgan fingerprint density at radius 2 is 1.69 bits per heavy atom. The van der Waals surface area contributed by atoms with Gasteiger partial charge in [0.15, 0.2) is 5.78 Å². The molecule has 35 heavy (non-hydrogen) atoms. The standard InChI is InChI=1S/C27H25N3O5/c31-25(17-8-6-11-19(15-17)30(34)35)24-23-22(21-14-13-16-7-4-5-12-20(16)29(21)24)26(32)28(27(23)33)18-9-2-1-3-10-18/h4-8,11-15,18,21-24H,1-3,9-10H2/t21-,22+,23-,24+/m1/s1. The summed E-state index contributed by atoms with van der Waals surface area (Å²) in [6.45, 7) is 0. The van der Waals surface area contributed by atoms with Crippen LogP contribution in [-0.4, -0.2) is 45.5 Å². The van der Waals surface area contributed by atoms with E-state index in [4.69, 9.17) is 0 Å². The lowest BCUT2D eigenvalue weighted by atomic mass is 9.86. The molecule has 4 aliphatic rings. The molecular formula is C27H25N3O5. The van der Waals surface area contributed by atoms with Gasteiger partial charge >= 0.3 is 0 Å². The Hall–Kier alpha value is -3.81. The molecule has 2 aromatic rings. The molecule has 2 aromatic carbocycles. The Morgan fingerprint density at radius 1 is 0.943 bits per heavy atom. The number of rotatable bonds is 4. The van der Waals surface area contributed by atoms with Crippen LogP contribution in [0.25, 0.3) is 6.08 Å². The van der Waals surface area contributed by atoms with Crippen molar-refractivity contribution in [2.45, 2.75) is 50.2 Å². The SMILES string of the molecule is O=C(c1cccc([N+](=O)[O-])c1)[C@@H]1[C@@H]2C(=O)N(C3CCCCC3)C(=O)[C@H]2[C@H]2C=Cc3ccccc3N21. The summed E-state index contributed by atoms with van der Waals surface area (Å²) in [4.78, 5) is 55.8. The lowest BCUT2D eigenvalue weighted by molar-refractivity contribution is -0.384. The van der Waals surface area contributed by atoms with E-state index in [-0.39, 0.29) is 34.9 Å². The minimum absolute atomic E-state index is 0.115. The Morgan fingerprint density at radius 3 is 2.46 bits per heavy atom. The number of non-ortho nitro benzene ring substituents is 1. The smallest absolute Gasteiger partial charge is 0.270 e. The monoisotopic (exact) mass is 471 g/mol. The van der Waals surface area contributed by atoms with E-state index in [0.29, 0.717) is 0 Å². The minimum atomic E-state index is -0.914. The molecule has 1 aliphatic carbocycles. The van der Waals surface area contributed by atoms with Crippen LogP contribution in [-0.2, 0) is 9.59 Å². The maximum absolute atomic E-state index is 14.0. The number of carbonyl (C=O) groups is 3. The van der Waals surface area contributed by atoms with Crippen molar-refractivity contribution in [3.8, 4) is 0 Å². The summed E-state index contributed by atoms with van der Waals surface area (Å²) in [6, 6.07) is 11.8. The summed E-state index contributed by atoms with van der Waals surface area (Å²) >= 11 is 0. The average Bonchev–Trinajstić information content (AvgIpc) is 3.36. The van der Waals surface area contributed by atoms with Crippen molar-refractivity contribution in [1.29, 1.82) is 0 Å². The molecule has 178 valence electrons. The van der Waals surface area contributed by atoms with E-state index in [2.05, 4.69) is 0 Å². The first-order valence-electron chi connectivity index (χ1n) is 12.2. The maximum Gasteiger partial charge on any atom is 0.270 e. The van der Waals surface area contributed by atoms with Crippen LogP contribution < -0.4 is 4.90 Å². The number of amides is 2. The first kappa shape index (κ1) is 21.7. The van der Waals surface area contributed by atoms with E-state index >= 15 is 0 Å². The lowest BCUT2D eigenvalue weighted by Crippen LogP contribution is -2.51. The predicted molar refractivity (Wildman–Crippen MR) is 129 cm³/mol. The number of para-hydroxylation sites is 1. The highest BCUT2D eigenvalue weighted by atomic mass is 16.6. The van der Waals surface area contributed by atoms with Crippen LogP contribution >= 0.6 is 0 Å². The van der Waals surface area contributed by atoms with Crippen molar-refractivity contribution in [2.24, 2.45) is 11.8 Å². The van der Waals surface area contributed by atoms with Gasteiger partial charge in [0.25, 0.3) is 5.69 Å². The molecule has 6 rings (SSSR count). The van der Waals surface area contributed by atoms with E-state index < -0.39 is 28.8 Å². The topological polar surface area (TPSA) is 101 Å². The number of benzene rings is 2. The maximum atomic E-state index is 14.0. The molecule has 4 atom stereocenters. The van der Waals surface area contributed by atoms with E-state index in [1.807, 2.05) is 41.3 Å². The second kappa shape index (κ2) is 8.15. The highest BCUT2D eigenvalue weighted by Gasteiger charge is 2.64. The Bertz CT molecular complexity index is 1280. The molecule has 8 heteroatoms. The Kier molecular flexibility index (Phi) is 5.05. The zero-order chi connectivity index (χ0) is 24.3. The molecule has 1 saturated carbocycles. The van der Waals surface area contributed by atoms with E-state index in [9.17, 15) is 24.5 Å². The largest absolute Gasteiger partial charge is 0.352 e. The summed E-state index contributed by atoms with van der Waals surface area (Å²) in [5, 5.41) is 11.4. The van der Waals surface area contributed by atoms with Gasteiger partial charge in [0.05, 0.1) is 22.8 Å². The number of hydrogen-bond acceptors (Lipinski definition) is 6. The molecule has 0 unspecified atom stereocenters. The normalized spacial score (nSPS) is 27.5. The molecule has 0 N–H and O–H groups in total. The summed E-state index contributed by atoms with van der Waals surface area (Å²) in [5.74, 6) is -2.32. The van der Waals surface area contributed by atoms with E-state index in [1.165, 1.54) is 23.1 Å². The summed E-state index contributed by atoms with van der Waals surface area (Å²) in [7, 11) is 0. The fraction of sp³-hybridized carbons (Fsp3) is 0.370. The van der Waals surface area contributed by atoms with Gasteiger partial charge in [0.2, 0.25) is 11.8 Å². The third kappa shape index (κ3) is 3.23. The average molecular weight is 472 g/mol. The fourth-order valence-electron chi connectivity index (χ4n) is 6.48. The van der Waals surface area contributed by atoms with Gasteiger partial charge in [-0.2, -0.15) is 0 Å². The molecule has 0 bridgehead atoms. The quantitative estimate of drug-likeness (QED) is 0.289. The molecule has 8 nitrogen and oxygen atoms in total. The summed E-state index contributed by atoms with van der Waals surface area (Å²) in [5.41, 5.74) is 1.69. The third-order valence-corrected chi connectivity index (χ3v) is 8.00. The first-order valence-corrected chi connectivity index (χ1v) is 12.2. The van der Waals surface area contributed by atoms with Crippen LogP contribution in [0.3, 0.4) is 0 Å². The van der Waals surface area contributed by atoms with Crippen molar-refractivity contribution in [2.75, 3.05) is 4.90 Å². The zero-order valence-corrected chi connectivity index (χ0v) is 19.1. The van der Waals surface area contributed by atoms with E-state index in [0.717, 1.165) is 43.4 Å². The molecule has 2 amide bonds. The van der Waals surface area contributed by atoms with Crippen LogP contribution in [0.4, 0.5) is 11.4 Å². The molecule has 0 spiro atoms. The molecular weight excluding hydrogens is 446 g/mol. The molecule has 0 aromatic heterocycles. The van der Waals surface area contributed by atoms with Crippen LogP contribution in [0.1, 0.15) is 48.0 Å². The number of ketones is 1. The number of carbonyl (C=O) groups excluding carboxylic acids is 3. The Balaban J connectivity index is 1.46. The van der Waals surface area contributed by atoms with Gasteiger partial charge in [-0.25, -0.2) is 0 Å². The van der Waals surface area contributed by atoms with Crippen molar-refractivity contribution >= 4 is 35.0 Å². The number of likely N-dealkylation sites (tertiary alicyclic amines) is 1. The van der Waals surface area contributed by atoms with Gasteiger partial charge in [0.1, 0.15) is 6.04 Å². The molecule has 3 aliphatic heterocycles.